The smallest absolute Gasteiger partial charge is 0.119 e. The fraction of sp³-hybridized carbons (Fsp3) is 0.667. The summed E-state index contributed by atoms with van der Waals surface area (Å²) in [5.74, 6) is 1.76. The van der Waals surface area contributed by atoms with Crippen LogP contribution in [0, 0.1) is 0 Å². The van der Waals surface area contributed by atoms with Crippen molar-refractivity contribution in [2.45, 2.75) is 38.0 Å². The van der Waals surface area contributed by atoms with Gasteiger partial charge in [0.2, 0.25) is 0 Å². The summed E-state index contributed by atoms with van der Waals surface area (Å²) in [7, 11) is 1.77. The fourth-order valence-corrected chi connectivity index (χ4v) is 3.80. The van der Waals surface area contributed by atoms with Gasteiger partial charge in [-0.3, -0.25) is 0 Å². The van der Waals surface area contributed by atoms with Crippen molar-refractivity contribution >= 4 is 0 Å². The third-order valence-corrected chi connectivity index (χ3v) is 5.03. The highest BCUT2D eigenvalue weighted by atomic mass is 16.5. The van der Waals surface area contributed by atoms with Crippen LogP contribution in [0.5, 0.6) is 5.75 Å². The van der Waals surface area contributed by atoms with Crippen molar-refractivity contribution in [3.63, 3.8) is 0 Å². The summed E-state index contributed by atoms with van der Waals surface area (Å²) in [4.78, 5) is 2.60. The number of piperazine rings is 1. The molecule has 0 unspecified atom stereocenters. The Morgan fingerprint density at radius 1 is 1.29 bits per heavy atom. The Morgan fingerprint density at radius 3 is 2.95 bits per heavy atom. The van der Waals surface area contributed by atoms with E-state index in [1.807, 2.05) is 0 Å². The quantitative estimate of drug-likeness (QED) is 0.901. The molecule has 3 rings (SSSR count). The van der Waals surface area contributed by atoms with Gasteiger partial charge in [0.25, 0.3) is 0 Å². The lowest BCUT2D eigenvalue weighted by atomic mass is 9.80. The number of benzene rings is 1. The Morgan fingerprint density at radius 2 is 2.14 bits per heavy atom. The lowest BCUT2D eigenvalue weighted by Gasteiger charge is -2.29. The Labute approximate surface area is 128 Å². The summed E-state index contributed by atoms with van der Waals surface area (Å²) in [6.45, 7) is 6.01. The maximum absolute atomic E-state index is 5.41. The van der Waals surface area contributed by atoms with Crippen molar-refractivity contribution in [3.8, 4) is 5.75 Å². The summed E-state index contributed by atoms with van der Waals surface area (Å²) in [6.07, 6.45) is 6.58. The van der Waals surface area contributed by atoms with Crippen LogP contribution in [0.2, 0.25) is 0 Å². The van der Waals surface area contributed by atoms with Gasteiger partial charge in [0.05, 0.1) is 7.11 Å². The molecule has 1 atom stereocenters. The van der Waals surface area contributed by atoms with Crippen LogP contribution in [0.15, 0.2) is 18.2 Å². The molecule has 0 aromatic heterocycles. The Hall–Kier alpha value is -1.06. The van der Waals surface area contributed by atoms with Gasteiger partial charge in [0.15, 0.2) is 0 Å². The average molecular weight is 288 g/mol. The Kier molecular flexibility index (Phi) is 5.15. The van der Waals surface area contributed by atoms with Crippen LogP contribution in [0.4, 0.5) is 0 Å². The second-order valence-electron chi connectivity index (χ2n) is 6.39. The van der Waals surface area contributed by atoms with Crippen molar-refractivity contribution in [1.82, 2.24) is 10.2 Å². The molecule has 0 saturated carbocycles. The molecule has 1 aliphatic heterocycles. The van der Waals surface area contributed by atoms with Crippen molar-refractivity contribution < 1.29 is 4.74 Å². The molecule has 116 valence electrons. The molecule has 0 radical (unpaired) electrons. The summed E-state index contributed by atoms with van der Waals surface area (Å²) in [6, 6.07) is 6.67. The van der Waals surface area contributed by atoms with E-state index in [2.05, 4.69) is 28.4 Å². The van der Waals surface area contributed by atoms with Crippen LogP contribution in [-0.2, 0) is 6.42 Å². The van der Waals surface area contributed by atoms with Crippen LogP contribution in [0.25, 0.3) is 0 Å². The third-order valence-electron chi connectivity index (χ3n) is 5.03. The van der Waals surface area contributed by atoms with Gasteiger partial charge in [-0.1, -0.05) is 6.07 Å². The van der Waals surface area contributed by atoms with E-state index >= 15 is 0 Å². The molecule has 1 saturated heterocycles. The first-order chi connectivity index (χ1) is 10.4. The van der Waals surface area contributed by atoms with E-state index in [0.29, 0.717) is 0 Å². The van der Waals surface area contributed by atoms with Gasteiger partial charge in [0, 0.05) is 26.2 Å². The average Bonchev–Trinajstić information content (AvgIpc) is 2.55. The van der Waals surface area contributed by atoms with Crippen LogP contribution in [0.3, 0.4) is 0 Å². The second kappa shape index (κ2) is 7.28. The summed E-state index contributed by atoms with van der Waals surface area (Å²) < 4.78 is 5.41. The number of ether oxygens (including phenoxy) is 1. The van der Waals surface area contributed by atoms with E-state index in [4.69, 9.17) is 4.74 Å². The van der Waals surface area contributed by atoms with Gasteiger partial charge < -0.3 is 15.0 Å². The lowest BCUT2D eigenvalue weighted by Crippen LogP contribution is -2.43. The topological polar surface area (TPSA) is 24.5 Å². The molecule has 1 heterocycles. The predicted molar refractivity (Wildman–Crippen MR) is 87.2 cm³/mol. The van der Waals surface area contributed by atoms with Gasteiger partial charge in [0.1, 0.15) is 5.75 Å². The highest BCUT2D eigenvalue weighted by molar-refractivity contribution is 5.39. The molecule has 1 aromatic rings. The van der Waals surface area contributed by atoms with Crippen LogP contribution in [0.1, 0.15) is 42.7 Å². The van der Waals surface area contributed by atoms with E-state index in [-0.39, 0.29) is 0 Å². The summed E-state index contributed by atoms with van der Waals surface area (Å²) >= 11 is 0. The largest absolute Gasteiger partial charge is 0.497 e. The Bertz CT molecular complexity index is 455. The van der Waals surface area contributed by atoms with Gasteiger partial charge in [-0.2, -0.15) is 0 Å². The van der Waals surface area contributed by atoms with E-state index < -0.39 is 0 Å². The number of hydrogen-bond acceptors (Lipinski definition) is 3. The van der Waals surface area contributed by atoms with Crippen molar-refractivity contribution in [2.75, 3.05) is 39.8 Å². The molecular formula is C18H28N2O. The molecule has 1 aliphatic carbocycles. The van der Waals surface area contributed by atoms with E-state index in [0.717, 1.165) is 24.8 Å². The predicted octanol–water partition coefficient (Wildman–Crippen LogP) is 2.80. The third kappa shape index (κ3) is 3.78. The standard InChI is InChI=1S/C18H28N2O/c1-21-17-8-7-16-5-2-4-15(18(16)14-17)6-3-11-20-12-9-19-10-13-20/h7-8,14-15,19H,2-6,9-13H2,1H3/t15-/m0/s1. The molecule has 1 aromatic carbocycles. The first kappa shape index (κ1) is 14.9. The minimum absolute atomic E-state index is 0.742. The molecule has 1 N–H and O–H groups in total. The number of rotatable bonds is 5. The van der Waals surface area contributed by atoms with Gasteiger partial charge in [-0.05, 0) is 67.8 Å². The van der Waals surface area contributed by atoms with Gasteiger partial charge >= 0.3 is 0 Å². The SMILES string of the molecule is COc1ccc2c(c1)[C@H](CCCN1CCNCC1)CCC2. The van der Waals surface area contributed by atoms with Crippen molar-refractivity contribution in [3.05, 3.63) is 29.3 Å². The van der Waals surface area contributed by atoms with Crippen molar-refractivity contribution in [2.24, 2.45) is 0 Å². The monoisotopic (exact) mass is 288 g/mol. The number of nitrogens with one attached hydrogen (secondary N) is 1. The highest BCUT2D eigenvalue weighted by Gasteiger charge is 2.21. The molecule has 21 heavy (non-hydrogen) atoms. The van der Waals surface area contributed by atoms with Crippen molar-refractivity contribution in [1.29, 1.82) is 0 Å². The first-order valence-electron chi connectivity index (χ1n) is 8.46. The number of hydrogen-bond donors (Lipinski definition) is 1. The molecular weight excluding hydrogens is 260 g/mol. The first-order valence-corrected chi connectivity index (χ1v) is 8.46. The molecule has 3 nitrogen and oxygen atoms in total. The van der Waals surface area contributed by atoms with Gasteiger partial charge in [-0.25, -0.2) is 0 Å². The number of fused-ring (bicyclic) bond motifs is 1. The molecule has 0 amide bonds. The molecule has 3 heteroatoms. The maximum atomic E-state index is 5.41. The fourth-order valence-electron chi connectivity index (χ4n) is 3.80. The van der Waals surface area contributed by atoms with Gasteiger partial charge in [-0.15, -0.1) is 0 Å². The van der Waals surface area contributed by atoms with Crippen LogP contribution in [-0.4, -0.2) is 44.7 Å². The molecule has 2 aliphatic rings. The molecule has 0 spiro atoms. The Balaban J connectivity index is 1.56. The van der Waals surface area contributed by atoms with E-state index in [9.17, 15) is 0 Å². The number of nitrogens with zero attached hydrogens (tertiary/aromatic N) is 1. The van der Waals surface area contributed by atoms with E-state index in [1.165, 1.54) is 51.7 Å². The zero-order chi connectivity index (χ0) is 14.5. The minimum Gasteiger partial charge on any atom is -0.497 e. The minimum atomic E-state index is 0.742. The lowest BCUT2D eigenvalue weighted by molar-refractivity contribution is 0.233. The second-order valence-corrected chi connectivity index (χ2v) is 6.39. The van der Waals surface area contributed by atoms with E-state index in [1.54, 1.807) is 18.2 Å². The highest BCUT2D eigenvalue weighted by Crippen LogP contribution is 2.36. The molecule has 0 bridgehead atoms. The van der Waals surface area contributed by atoms with Crippen LogP contribution >= 0.6 is 0 Å². The molecule has 1 fully saturated rings. The maximum Gasteiger partial charge on any atom is 0.119 e. The number of methoxy groups -OCH3 is 1. The number of aryl methyl sites for hydroxylation is 1. The normalized spacial score (nSPS) is 22.8. The zero-order valence-corrected chi connectivity index (χ0v) is 13.2. The summed E-state index contributed by atoms with van der Waals surface area (Å²) in [5.41, 5.74) is 3.11. The summed E-state index contributed by atoms with van der Waals surface area (Å²) in [5, 5.41) is 3.42. The zero-order valence-electron chi connectivity index (χ0n) is 13.2. The van der Waals surface area contributed by atoms with Crippen LogP contribution < -0.4 is 10.1 Å².